The maximum atomic E-state index is 11.6. The van der Waals surface area contributed by atoms with Crippen molar-refractivity contribution in [3.05, 3.63) is 22.9 Å². The molecule has 0 bridgehead atoms. The van der Waals surface area contributed by atoms with Crippen LogP contribution in [0.2, 0.25) is 0 Å². The van der Waals surface area contributed by atoms with Crippen molar-refractivity contribution in [1.29, 1.82) is 0 Å². The summed E-state index contributed by atoms with van der Waals surface area (Å²) in [5, 5.41) is 0. The summed E-state index contributed by atoms with van der Waals surface area (Å²) in [4.78, 5) is 11.6. The third-order valence-corrected chi connectivity index (χ3v) is 2.35. The summed E-state index contributed by atoms with van der Waals surface area (Å²) in [5.74, 6) is 0. The second-order valence-electron chi connectivity index (χ2n) is 3.41. The average Bonchev–Trinajstić information content (AvgIpc) is 2.89. The van der Waals surface area contributed by atoms with Crippen LogP contribution in [0.3, 0.4) is 0 Å². The van der Waals surface area contributed by atoms with Crippen molar-refractivity contribution in [1.82, 2.24) is 9.13 Å². The molecule has 0 amide bonds. The zero-order valence-corrected chi connectivity index (χ0v) is 7.77. The molecule has 2 rings (SSSR count). The molecule has 0 atom stereocenters. The minimum atomic E-state index is 0.0968. The quantitative estimate of drug-likeness (QED) is 0.684. The normalized spacial score (nSPS) is 16.4. The number of rotatable bonds is 4. The van der Waals surface area contributed by atoms with Crippen LogP contribution in [0.5, 0.6) is 0 Å². The van der Waals surface area contributed by atoms with Gasteiger partial charge in [-0.1, -0.05) is 0 Å². The molecule has 0 spiro atoms. The van der Waals surface area contributed by atoms with E-state index >= 15 is 0 Å². The van der Waals surface area contributed by atoms with Crippen LogP contribution in [0, 0.1) is 0 Å². The van der Waals surface area contributed by atoms with Crippen LogP contribution in [0.25, 0.3) is 0 Å². The van der Waals surface area contributed by atoms with Crippen molar-refractivity contribution < 1.29 is 4.74 Å². The number of imidazole rings is 1. The van der Waals surface area contributed by atoms with Crippen molar-refractivity contribution in [2.24, 2.45) is 0 Å². The summed E-state index contributed by atoms with van der Waals surface area (Å²) < 4.78 is 8.43. The molecule has 0 unspecified atom stereocenters. The lowest BCUT2D eigenvalue weighted by Crippen LogP contribution is -2.24. The fourth-order valence-corrected chi connectivity index (χ4v) is 1.42. The van der Waals surface area contributed by atoms with E-state index in [1.165, 1.54) is 0 Å². The Morgan fingerprint density at radius 1 is 1.54 bits per heavy atom. The Hall–Kier alpha value is -1.03. The summed E-state index contributed by atoms with van der Waals surface area (Å²) in [6, 6.07) is 0.469. The molecular formula is C9H14N2O2. The lowest BCUT2D eigenvalue weighted by molar-refractivity contribution is 0.186. The van der Waals surface area contributed by atoms with Gasteiger partial charge in [0, 0.05) is 25.5 Å². The molecule has 0 saturated heterocycles. The van der Waals surface area contributed by atoms with Crippen LogP contribution in [0.4, 0.5) is 0 Å². The Kier molecular flexibility index (Phi) is 2.22. The fraction of sp³-hybridized carbons (Fsp3) is 0.667. The fourth-order valence-electron chi connectivity index (χ4n) is 1.42. The van der Waals surface area contributed by atoms with E-state index in [2.05, 4.69) is 0 Å². The van der Waals surface area contributed by atoms with Crippen molar-refractivity contribution in [3.8, 4) is 0 Å². The zero-order chi connectivity index (χ0) is 9.26. The monoisotopic (exact) mass is 182 g/mol. The Balaban J connectivity index is 2.13. The lowest BCUT2D eigenvalue weighted by Gasteiger charge is -1.99. The van der Waals surface area contributed by atoms with E-state index in [9.17, 15) is 4.79 Å². The lowest BCUT2D eigenvalue weighted by atomic mass is 10.6. The number of hydrogen-bond acceptors (Lipinski definition) is 2. The van der Waals surface area contributed by atoms with Crippen LogP contribution in [-0.4, -0.2) is 22.9 Å². The smallest absolute Gasteiger partial charge is 0.328 e. The van der Waals surface area contributed by atoms with Gasteiger partial charge < -0.3 is 4.74 Å². The minimum absolute atomic E-state index is 0.0968. The number of aromatic nitrogens is 2. The van der Waals surface area contributed by atoms with Crippen LogP contribution in [0.1, 0.15) is 18.9 Å². The summed E-state index contributed by atoms with van der Waals surface area (Å²) in [5.41, 5.74) is 0.0968. The van der Waals surface area contributed by atoms with Crippen LogP contribution >= 0.6 is 0 Å². The second-order valence-corrected chi connectivity index (χ2v) is 3.41. The molecule has 0 aliphatic heterocycles. The van der Waals surface area contributed by atoms with E-state index in [1.807, 2.05) is 17.0 Å². The van der Waals surface area contributed by atoms with Gasteiger partial charge in [0.2, 0.25) is 0 Å². The van der Waals surface area contributed by atoms with Crippen LogP contribution in [0.15, 0.2) is 17.2 Å². The Morgan fingerprint density at radius 2 is 2.31 bits per heavy atom. The predicted molar refractivity (Wildman–Crippen MR) is 48.8 cm³/mol. The first-order chi connectivity index (χ1) is 6.33. The molecule has 1 fully saturated rings. The average molecular weight is 182 g/mol. The first kappa shape index (κ1) is 8.56. The van der Waals surface area contributed by atoms with Gasteiger partial charge in [-0.25, -0.2) is 4.79 Å². The van der Waals surface area contributed by atoms with Crippen molar-refractivity contribution >= 4 is 0 Å². The predicted octanol–water partition coefficient (Wildman–Crippen LogP) is 0.631. The standard InChI is InChI=1S/C9H14N2O2/c1-13-7-6-10-4-5-11(9(10)12)8-2-3-8/h4-5,8H,2-3,6-7H2,1H3. The van der Waals surface area contributed by atoms with E-state index in [1.54, 1.807) is 11.7 Å². The van der Waals surface area contributed by atoms with E-state index < -0.39 is 0 Å². The van der Waals surface area contributed by atoms with Crippen LogP contribution in [-0.2, 0) is 11.3 Å². The van der Waals surface area contributed by atoms with Gasteiger partial charge in [0.05, 0.1) is 13.2 Å². The molecule has 1 aliphatic rings. The summed E-state index contributed by atoms with van der Waals surface area (Å²) in [7, 11) is 1.64. The maximum absolute atomic E-state index is 11.6. The van der Waals surface area contributed by atoms with E-state index in [0.29, 0.717) is 19.2 Å². The van der Waals surface area contributed by atoms with Crippen LogP contribution < -0.4 is 5.69 Å². The van der Waals surface area contributed by atoms with Gasteiger partial charge in [-0.05, 0) is 12.8 Å². The molecule has 1 saturated carbocycles. The highest BCUT2D eigenvalue weighted by Crippen LogP contribution is 2.33. The van der Waals surface area contributed by atoms with Crippen molar-refractivity contribution in [2.45, 2.75) is 25.4 Å². The Labute approximate surface area is 76.7 Å². The highest BCUT2D eigenvalue weighted by atomic mass is 16.5. The molecular weight excluding hydrogens is 168 g/mol. The molecule has 4 heteroatoms. The van der Waals surface area contributed by atoms with Gasteiger partial charge in [0.1, 0.15) is 0 Å². The SMILES string of the molecule is COCCn1ccn(C2CC2)c1=O. The number of nitrogens with zero attached hydrogens (tertiary/aromatic N) is 2. The molecule has 4 nitrogen and oxygen atoms in total. The van der Waals surface area contributed by atoms with Gasteiger partial charge in [0.25, 0.3) is 0 Å². The molecule has 1 aliphatic carbocycles. The van der Waals surface area contributed by atoms with E-state index in [4.69, 9.17) is 4.74 Å². The van der Waals surface area contributed by atoms with Gasteiger partial charge >= 0.3 is 5.69 Å². The number of hydrogen-bond donors (Lipinski definition) is 0. The number of ether oxygens (including phenoxy) is 1. The molecule has 1 aromatic rings. The minimum Gasteiger partial charge on any atom is -0.383 e. The molecule has 0 aromatic carbocycles. The number of methoxy groups -OCH3 is 1. The second kappa shape index (κ2) is 3.38. The molecule has 1 heterocycles. The van der Waals surface area contributed by atoms with Gasteiger partial charge in [-0.3, -0.25) is 9.13 Å². The molecule has 13 heavy (non-hydrogen) atoms. The highest BCUT2D eigenvalue weighted by molar-refractivity contribution is 4.91. The van der Waals surface area contributed by atoms with Crippen molar-refractivity contribution in [3.63, 3.8) is 0 Å². The summed E-state index contributed by atoms with van der Waals surface area (Å²) in [6.07, 6.45) is 6.00. The van der Waals surface area contributed by atoms with Gasteiger partial charge in [-0.2, -0.15) is 0 Å². The molecule has 1 aromatic heterocycles. The highest BCUT2D eigenvalue weighted by Gasteiger charge is 2.25. The first-order valence-corrected chi connectivity index (χ1v) is 4.59. The summed E-state index contributed by atoms with van der Waals surface area (Å²) >= 11 is 0. The first-order valence-electron chi connectivity index (χ1n) is 4.59. The third kappa shape index (κ3) is 1.67. The Bertz CT molecular complexity index is 336. The zero-order valence-electron chi connectivity index (χ0n) is 7.77. The largest absolute Gasteiger partial charge is 0.383 e. The molecule has 72 valence electrons. The molecule has 0 radical (unpaired) electrons. The van der Waals surface area contributed by atoms with E-state index in [-0.39, 0.29) is 5.69 Å². The maximum Gasteiger partial charge on any atom is 0.328 e. The summed E-state index contributed by atoms with van der Waals surface area (Å²) in [6.45, 7) is 1.24. The van der Waals surface area contributed by atoms with Gasteiger partial charge in [0.15, 0.2) is 0 Å². The topological polar surface area (TPSA) is 36.2 Å². The van der Waals surface area contributed by atoms with Crippen molar-refractivity contribution in [2.75, 3.05) is 13.7 Å². The van der Waals surface area contributed by atoms with E-state index in [0.717, 1.165) is 12.8 Å². The Morgan fingerprint density at radius 3 is 2.92 bits per heavy atom. The molecule has 0 N–H and O–H groups in total. The van der Waals surface area contributed by atoms with Gasteiger partial charge in [-0.15, -0.1) is 0 Å². The third-order valence-electron chi connectivity index (χ3n) is 2.35.